The molecular formula is C66H64O4. The molecule has 0 heterocycles. The number of hydrogen-bond acceptors (Lipinski definition) is 2. The van der Waals surface area contributed by atoms with Crippen molar-refractivity contribution in [2.24, 2.45) is 0 Å². The summed E-state index contributed by atoms with van der Waals surface area (Å²) in [5.41, 5.74) is 20.8. The lowest BCUT2D eigenvalue weighted by atomic mass is 9.63. The fourth-order valence-corrected chi connectivity index (χ4v) is 10.8. The monoisotopic (exact) mass is 920 g/mol. The molecule has 0 unspecified atom stereocenters. The van der Waals surface area contributed by atoms with Crippen molar-refractivity contribution in [2.45, 2.75) is 103 Å². The van der Waals surface area contributed by atoms with Crippen LogP contribution in [0.5, 0.6) is 0 Å². The Balaban J connectivity index is 0.000000174. The lowest BCUT2D eigenvalue weighted by Crippen LogP contribution is -2.33. The van der Waals surface area contributed by atoms with E-state index < -0.39 is 11.9 Å². The van der Waals surface area contributed by atoms with Gasteiger partial charge in [0, 0.05) is 0 Å². The Hall–Kier alpha value is -7.30. The van der Waals surface area contributed by atoms with Crippen molar-refractivity contribution in [3.8, 4) is 66.8 Å². The third-order valence-corrected chi connectivity index (χ3v) is 15.5. The summed E-state index contributed by atoms with van der Waals surface area (Å²) in [6.07, 6.45) is 4.75. The van der Waals surface area contributed by atoms with Crippen LogP contribution < -0.4 is 0 Å². The van der Waals surface area contributed by atoms with E-state index in [0.29, 0.717) is 11.1 Å². The molecule has 70 heavy (non-hydrogen) atoms. The molecule has 0 amide bonds. The zero-order valence-electron chi connectivity index (χ0n) is 41.9. The zero-order valence-corrected chi connectivity index (χ0v) is 41.9. The Kier molecular flexibility index (Phi) is 12.7. The number of carboxylic acids is 2. The van der Waals surface area contributed by atoms with Crippen LogP contribution in [-0.4, -0.2) is 22.2 Å². The van der Waals surface area contributed by atoms with Crippen LogP contribution in [0.2, 0.25) is 0 Å². The van der Waals surface area contributed by atoms with E-state index in [2.05, 4.69) is 177 Å². The molecule has 4 nitrogen and oxygen atoms in total. The van der Waals surface area contributed by atoms with Gasteiger partial charge in [-0.05, 0) is 173 Å². The number of hydrogen-bond donors (Lipinski definition) is 2. The molecule has 0 atom stereocenters. The summed E-state index contributed by atoms with van der Waals surface area (Å²) in [4.78, 5) is 22.6. The number of fused-ring (bicyclic) bond motifs is 2. The first-order valence-corrected chi connectivity index (χ1v) is 24.7. The van der Waals surface area contributed by atoms with Gasteiger partial charge in [-0.3, -0.25) is 0 Å². The van der Waals surface area contributed by atoms with Crippen molar-refractivity contribution in [2.75, 3.05) is 0 Å². The molecule has 10 rings (SSSR count). The molecule has 0 saturated carbocycles. The van der Waals surface area contributed by atoms with E-state index >= 15 is 0 Å². The summed E-state index contributed by atoms with van der Waals surface area (Å²) in [5, 5.41) is 18.6. The highest BCUT2D eigenvalue weighted by Gasteiger charge is 2.38. The van der Waals surface area contributed by atoms with Crippen molar-refractivity contribution < 1.29 is 19.8 Å². The highest BCUT2D eigenvalue weighted by Crippen LogP contribution is 2.49. The zero-order chi connectivity index (χ0) is 49.6. The quantitative estimate of drug-likeness (QED) is 0.159. The van der Waals surface area contributed by atoms with Gasteiger partial charge in [0.1, 0.15) is 0 Å². The molecule has 0 aromatic heterocycles. The summed E-state index contributed by atoms with van der Waals surface area (Å²) in [6, 6.07) is 62.5. The average Bonchev–Trinajstić information content (AvgIpc) is 3.37. The first-order chi connectivity index (χ1) is 33.3. The smallest absolute Gasteiger partial charge is 0.335 e. The summed E-state index contributed by atoms with van der Waals surface area (Å²) >= 11 is 0. The minimum absolute atomic E-state index is 0.137. The predicted octanol–water partition coefficient (Wildman–Crippen LogP) is 17.5. The molecule has 8 aromatic carbocycles. The Bertz CT molecular complexity index is 3010. The van der Waals surface area contributed by atoms with Gasteiger partial charge >= 0.3 is 11.9 Å². The van der Waals surface area contributed by atoms with E-state index in [1.807, 2.05) is 36.4 Å². The maximum absolute atomic E-state index is 11.3. The Morgan fingerprint density at radius 3 is 0.929 bits per heavy atom. The lowest BCUT2D eigenvalue weighted by Gasteiger charge is -2.42. The summed E-state index contributed by atoms with van der Waals surface area (Å²) in [6.45, 7) is 18.9. The number of aromatic carboxylic acids is 2. The second kappa shape index (κ2) is 18.6. The summed E-state index contributed by atoms with van der Waals surface area (Å²) in [5.74, 6) is -1.81. The summed E-state index contributed by atoms with van der Waals surface area (Å²) in [7, 11) is 0. The van der Waals surface area contributed by atoms with Gasteiger partial charge in [0.2, 0.25) is 0 Å². The standard InChI is InChI=1S/2C33H32O2/c2*1-32(2)18-19-33(3,4)30-21-26(15-17-29(30)32)28-20-25(22-10-12-24(13-11-22)31(34)35)14-16-27(28)23-8-6-5-7-9-23/h2*5-17,20-21H,18-19H2,1-4H3,(H,34,35). The highest BCUT2D eigenvalue weighted by atomic mass is 16.4. The summed E-state index contributed by atoms with van der Waals surface area (Å²) < 4.78 is 0. The highest BCUT2D eigenvalue weighted by molar-refractivity contribution is 5.92. The van der Waals surface area contributed by atoms with Gasteiger partial charge < -0.3 is 10.2 Å². The van der Waals surface area contributed by atoms with Crippen LogP contribution >= 0.6 is 0 Å². The van der Waals surface area contributed by atoms with Gasteiger partial charge in [-0.15, -0.1) is 0 Å². The van der Waals surface area contributed by atoms with Crippen LogP contribution in [-0.2, 0) is 21.7 Å². The van der Waals surface area contributed by atoms with E-state index in [-0.39, 0.29) is 21.7 Å². The van der Waals surface area contributed by atoms with Crippen LogP contribution in [0.4, 0.5) is 0 Å². The van der Waals surface area contributed by atoms with Crippen LogP contribution in [0.3, 0.4) is 0 Å². The van der Waals surface area contributed by atoms with Gasteiger partial charge in [0.15, 0.2) is 0 Å². The van der Waals surface area contributed by atoms with E-state index in [1.54, 1.807) is 24.3 Å². The molecule has 0 saturated heterocycles. The molecule has 4 heteroatoms. The van der Waals surface area contributed by atoms with Gasteiger partial charge in [-0.1, -0.05) is 201 Å². The van der Waals surface area contributed by atoms with Crippen molar-refractivity contribution in [1.82, 2.24) is 0 Å². The molecule has 0 radical (unpaired) electrons. The fraction of sp³-hybridized carbons (Fsp3) is 0.242. The third-order valence-electron chi connectivity index (χ3n) is 15.5. The van der Waals surface area contributed by atoms with Crippen LogP contribution in [0.25, 0.3) is 66.8 Å². The largest absolute Gasteiger partial charge is 0.478 e. The molecular weight excluding hydrogens is 857 g/mol. The molecule has 2 N–H and O–H groups in total. The Morgan fingerprint density at radius 2 is 0.600 bits per heavy atom. The van der Waals surface area contributed by atoms with Crippen molar-refractivity contribution in [3.63, 3.8) is 0 Å². The van der Waals surface area contributed by atoms with Gasteiger partial charge in [-0.2, -0.15) is 0 Å². The Morgan fingerprint density at radius 1 is 0.300 bits per heavy atom. The molecule has 0 spiro atoms. The normalized spacial score (nSPS) is 15.9. The van der Waals surface area contributed by atoms with Crippen molar-refractivity contribution in [1.29, 1.82) is 0 Å². The second-order valence-corrected chi connectivity index (χ2v) is 22.1. The predicted molar refractivity (Wildman–Crippen MR) is 290 cm³/mol. The van der Waals surface area contributed by atoms with Crippen LogP contribution in [0.1, 0.15) is 124 Å². The molecule has 0 bridgehead atoms. The second-order valence-electron chi connectivity index (χ2n) is 22.1. The first kappa shape index (κ1) is 47.8. The topological polar surface area (TPSA) is 74.6 Å². The minimum Gasteiger partial charge on any atom is -0.478 e. The Labute approximate surface area is 414 Å². The van der Waals surface area contributed by atoms with E-state index in [1.165, 1.54) is 92.4 Å². The number of carbonyl (C=O) groups is 2. The minimum atomic E-state index is -0.906. The van der Waals surface area contributed by atoms with Crippen LogP contribution in [0.15, 0.2) is 182 Å². The lowest BCUT2D eigenvalue weighted by molar-refractivity contribution is 0.0686. The van der Waals surface area contributed by atoms with E-state index in [0.717, 1.165) is 22.3 Å². The maximum atomic E-state index is 11.3. The molecule has 0 fully saturated rings. The van der Waals surface area contributed by atoms with E-state index in [4.69, 9.17) is 0 Å². The van der Waals surface area contributed by atoms with E-state index in [9.17, 15) is 19.8 Å². The van der Waals surface area contributed by atoms with Crippen LogP contribution in [0, 0.1) is 0 Å². The molecule has 2 aliphatic carbocycles. The number of carboxylic acid groups (broad SMARTS) is 2. The van der Waals surface area contributed by atoms with Crippen molar-refractivity contribution >= 4 is 11.9 Å². The van der Waals surface area contributed by atoms with Gasteiger partial charge in [-0.25, -0.2) is 9.59 Å². The maximum Gasteiger partial charge on any atom is 0.335 e. The fourth-order valence-electron chi connectivity index (χ4n) is 10.8. The molecule has 0 aliphatic heterocycles. The molecule has 352 valence electrons. The third kappa shape index (κ3) is 9.53. The van der Waals surface area contributed by atoms with Gasteiger partial charge in [0.05, 0.1) is 11.1 Å². The first-order valence-electron chi connectivity index (χ1n) is 24.7. The number of benzene rings is 8. The average molecular weight is 921 g/mol. The number of rotatable bonds is 8. The molecule has 8 aromatic rings. The SMILES string of the molecule is CC1(C)CCC(C)(C)c2cc(-c3cc(-c4ccc(C(=O)O)cc4)ccc3-c3ccccc3)ccc21.CC1(C)CCC(C)(C)c2cc(-c3cc(-c4ccc(C(=O)O)cc4)ccc3-c3ccccc3)ccc21. The molecule has 2 aliphatic rings. The van der Waals surface area contributed by atoms with Gasteiger partial charge in [0.25, 0.3) is 0 Å². The van der Waals surface area contributed by atoms with Crippen molar-refractivity contribution in [3.05, 3.63) is 215 Å².